The smallest absolute Gasteiger partial charge is 0.435 e. The van der Waals surface area contributed by atoms with Crippen molar-refractivity contribution < 1.29 is 19.4 Å². The molecule has 1 N–H and O–H groups in total. The zero-order valence-corrected chi connectivity index (χ0v) is 17.3. The third kappa shape index (κ3) is 2.81. The average Bonchev–Trinajstić information content (AvgIpc) is 3.02. The number of fused-ring (bicyclic) bond motifs is 5. The van der Waals surface area contributed by atoms with E-state index in [4.69, 9.17) is 15.9 Å². The van der Waals surface area contributed by atoms with Crippen LogP contribution in [-0.2, 0) is 9.47 Å². The molecule has 3 fully saturated rings. The molecule has 4 nitrogen and oxygen atoms in total. The molecule has 4 heteroatoms. The molecule has 7 unspecified atom stereocenters. The number of hydrogen-bond acceptors (Lipinski definition) is 4. The largest absolute Gasteiger partial charge is 0.509 e. The van der Waals surface area contributed by atoms with Crippen LogP contribution in [0.2, 0.25) is 0 Å². The predicted octanol–water partition coefficient (Wildman–Crippen LogP) is 4.86. The van der Waals surface area contributed by atoms with E-state index >= 15 is 0 Å². The Bertz CT molecular complexity index is 691. The second kappa shape index (κ2) is 7.41. The Balaban J connectivity index is 1.63. The summed E-state index contributed by atoms with van der Waals surface area (Å²) in [4.78, 5) is 12.2. The van der Waals surface area contributed by atoms with E-state index in [9.17, 15) is 9.90 Å². The Hall–Kier alpha value is -1.47. The summed E-state index contributed by atoms with van der Waals surface area (Å²) in [6.07, 6.45) is 16.5. The van der Waals surface area contributed by atoms with Gasteiger partial charge in [0.2, 0.25) is 0 Å². The summed E-state index contributed by atoms with van der Waals surface area (Å²) < 4.78 is 11.0. The number of carbonyl (C=O) groups excluding carboxylic acids is 1. The molecule has 0 saturated heterocycles. The van der Waals surface area contributed by atoms with Crippen molar-refractivity contribution >= 4 is 6.16 Å². The molecule has 154 valence electrons. The van der Waals surface area contributed by atoms with E-state index in [0.29, 0.717) is 30.3 Å². The molecule has 0 bridgehead atoms. The fourth-order valence-electron chi connectivity index (χ4n) is 7.54. The van der Waals surface area contributed by atoms with Crippen molar-refractivity contribution in [2.24, 2.45) is 29.1 Å². The Kier molecular flexibility index (Phi) is 5.25. The van der Waals surface area contributed by atoms with Crippen LogP contribution in [0.15, 0.2) is 11.6 Å². The zero-order chi connectivity index (χ0) is 19.9. The fraction of sp³-hybridized carbons (Fsp3) is 0.792. The summed E-state index contributed by atoms with van der Waals surface area (Å²) in [5.74, 6) is 5.42. The van der Waals surface area contributed by atoms with E-state index in [1.165, 1.54) is 12.0 Å². The van der Waals surface area contributed by atoms with Gasteiger partial charge in [-0.1, -0.05) is 24.5 Å². The number of carbonyl (C=O) groups is 1. The van der Waals surface area contributed by atoms with Gasteiger partial charge in [0.15, 0.2) is 5.60 Å². The lowest BCUT2D eigenvalue weighted by Crippen LogP contribution is -2.55. The van der Waals surface area contributed by atoms with Crippen LogP contribution in [0.3, 0.4) is 0 Å². The normalized spacial score (nSPS) is 44.4. The van der Waals surface area contributed by atoms with E-state index in [1.54, 1.807) is 6.92 Å². The van der Waals surface area contributed by atoms with Gasteiger partial charge < -0.3 is 14.6 Å². The van der Waals surface area contributed by atoms with E-state index in [-0.39, 0.29) is 11.5 Å². The summed E-state index contributed by atoms with van der Waals surface area (Å²) in [6.45, 7) is 4.30. The number of hydrogen-bond donors (Lipinski definition) is 1. The second-order valence-corrected chi connectivity index (χ2v) is 9.31. The van der Waals surface area contributed by atoms with Gasteiger partial charge in [-0.05, 0) is 88.4 Å². The second-order valence-electron chi connectivity index (χ2n) is 9.31. The molecule has 0 aromatic carbocycles. The molecule has 4 aliphatic carbocycles. The van der Waals surface area contributed by atoms with Crippen LogP contribution in [0, 0.1) is 41.4 Å². The molecule has 4 rings (SSSR count). The van der Waals surface area contributed by atoms with Gasteiger partial charge in [-0.15, -0.1) is 6.42 Å². The minimum atomic E-state index is -0.831. The van der Waals surface area contributed by atoms with Gasteiger partial charge >= 0.3 is 6.16 Å². The highest BCUT2D eigenvalue weighted by atomic mass is 16.7. The van der Waals surface area contributed by atoms with Gasteiger partial charge in [-0.25, -0.2) is 4.79 Å². The lowest BCUT2D eigenvalue weighted by molar-refractivity contribution is -0.116. The topological polar surface area (TPSA) is 55.8 Å². The fourth-order valence-corrected chi connectivity index (χ4v) is 7.54. The molecule has 0 aromatic heterocycles. The molecular weight excluding hydrogens is 352 g/mol. The highest BCUT2D eigenvalue weighted by Crippen LogP contribution is 2.67. The number of allylic oxidation sites excluding steroid dienone is 1. The first-order valence-corrected chi connectivity index (χ1v) is 11.2. The maximum Gasteiger partial charge on any atom is 0.509 e. The van der Waals surface area contributed by atoms with Crippen LogP contribution in [0.4, 0.5) is 4.79 Å². The number of aliphatic hydroxyl groups is 1. The van der Waals surface area contributed by atoms with Crippen LogP contribution < -0.4 is 0 Å². The highest BCUT2D eigenvalue weighted by molar-refractivity contribution is 5.61. The predicted molar refractivity (Wildman–Crippen MR) is 107 cm³/mol. The van der Waals surface area contributed by atoms with Gasteiger partial charge in [-0.2, -0.15) is 0 Å². The molecule has 28 heavy (non-hydrogen) atoms. The standard InChI is InChI=1S/C24H34O4/c1-4-23-13-11-19-18-10-8-17(25)15-16(18)7-9-20(19)21(23)12-14-24(23,5-2)28-22(26)27-6-3/h2,15,17-21,25H,4,6-14H2,1,3H3. The minimum absolute atomic E-state index is 0.134. The number of aliphatic hydroxyl groups excluding tert-OH is 1. The van der Waals surface area contributed by atoms with Gasteiger partial charge in [0.25, 0.3) is 0 Å². The van der Waals surface area contributed by atoms with Gasteiger partial charge in [-0.3, -0.25) is 0 Å². The molecule has 7 atom stereocenters. The molecule has 0 radical (unpaired) electrons. The summed E-state index contributed by atoms with van der Waals surface area (Å²) in [6, 6.07) is 0. The third-order valence-electron chi connectivity index (χ3n) is 8.64. The van der Waals surface area contributed by atoms with Gasteiger partial charge in [0, 0.05) is 5.41 Å². The summed E-state index contributed by atoms with van der Waals surface area (Å²) in [7, 11) is 0. The lowest BCUT2D eigenvalue weighted by atomic mass is 9.49. The molecule has 3 saturated carbocycles. The van der Waals surface area contributed by atoms with Crippen molar-refractivity contribution in [3.05, 3.63) is 11.6 Å². The molecule has 0 heterocycles. The van der Waals surface area contributed by atoms with Crippen molar-refractivity contribution in [1.82, 2.24) is 0 Å². The van der Waals surface area contributed by atoms with Crippen molar-refractivity contribution in [2.75, 3.05) is 6.61 Å². The first-order valence-electron chi connectivity index (χ1n) is 11.2. The monoisotopic (exact) mass is 386 g/mol. The maximum absolute atomic E-state index is 12.2. The van der Waals surface area contributed by atoms with E-state index < -0.39 is 11.8 Å². The van der Waals surface area contributed by atoms with E-state index in [1.807, 2.05) is 0 Å². The van der Waals surface area contributed by atoms with Crippen molar-refractivity contribution in [3.8, 4) is 12.3 Å². The average molecular weight is 387 g/mol. The summed E-state index contributed by atoms with van der Waals surface area (Å²) >= 11 is 0. The van der Waals surface area contributed by atoms with Crippen molar-refractivity contribution in [3.63, 3.8) is 0 Å². The SMILES string of the molecule is C#CC1(OC(=O)OCC)CCC2C3CCC4=CC(O)CCC4C3CCC21CC. The minimum Gasteiger partial charge on any atom is -0.435 e. The zero-order valence-electron chi connectivity index (χ0n) is 17.3. The lowest BCUT2D eigenvalue weighted by Gasteiger charge is -2.56. The highest BCUT2D eigenvalue weighted by Gasteiger charge is 2.66. The van der Waals surface area contributed by atoms with Crippen LogP contribution in [0.5, 0.6) is 0 Å². The molecule has 0 aliphatic heterocycles. The number of rotatable bonds is 3. The molecule has 0 spiro atoms. The van der Waals surface area contributed by atoms with Crippen LogP contribution in [-0.4, -0.2) is 29.6 Å². The quantitative estimate of drug-likeness (QED) is 0.428. The number of ether oxygens (including phenoxy) is 2. The molecule has 4 aliphatic rings. The Morgan fingerprint density at radius 2 is 2.04 bits per heavy atom. The Morgan fingerprint density at radius 3 is 2.75 bits per heavy atom. The first kappa shape index (κ1) is 19.8. The van der Waals surface area contributed by atoms with Crippen molar-refractivity contribution in [2.45, 2.75) is 83.3 Å². The maximum atomic E-state index is 12.2. The first-order chi connectivity index (χ1) is 13.5. The number of terminal acetylenes is 1. The van der Waals surface area contributed by atoms with Crippen molar-refractivity contribution in [1.29, 1.82) is 0 Å². The third-order valence-corrected chi connectivity index (χ3v) is 8.64. The molecular formula is C24H34O4. The molecule has 0 amide bonds. The van der Waals surface area contributed by atoms with Crippen LogP contribution in [0.1, 0.15) is 71.6 Å². The summed E-state index contributed by atoms with van der Waals surface area (Å²) in [5.41, 5.74) is 0.529. The van der Waals surface area contributed by atoms with Gasteiger partial charge in [0.05, 0.1) is 12.7 Å². The van der Waals surface area contributed by atoms with Gasteiger partial charge in [0.1, 0.15) is 0 Å². The Morgan fingerprint density at radius 1 is 1.21 bits per heavy atom. The van der Waals surface area contributed by atoms with Crippen LogP contribution >= 0.6 is 0 Å². The van der Waals surface area contributed by atoms with E-state index in [0.717, 1.165) is 51.4 Å². The Labute approximate surface area is 169 Å². The van der Waals surface area contributed by atoms with Crippen LogP contribution in [0.25, 0.3) is 0 Å². The summed E-state index contributed by atoms with van der Waals surface area (Å²) in [5, 5.41) is 10.0. The molecule has 0 aromatic rings. The van der Waals surface area contributed by atoms with E-state index in [2.05, 4.69) is 18.9 Å².